The monoisotopic (exact) mass is 281 g/mol. The Morgan fingerprint density at radius 1 is 1.35 bits per heavy atom. The van der Waals surface area contributed by atoms with E-state index in [1.54, 1.807) is 27.7 Å². The Balaban J connectivity index is 2.98. The Bertz CT molecular complexity index is 465. The minimum Gasteiger partial charge on any atom is -0.444 e. The van der Waals surface area contributed by atoms with E-state index in [0.29, 0.717) is 18.4 Å². The van der Waals surface area contributed by atoms with Crippen LogP contribution in [0.4, 0.5) is 9.18 Å². The van der Waals surface area contributed by atoms with Crippen LogP contribution >= 0.6 is 0 Å². The SMILES string of the molecule is CCN(C(=O)OC(C)(C)C)C(C=O)c1ccc(F)cc1. The van der Waals surface area contributed by atoms with Gasteiger partial charge < -0.3 is 9.53 Å². The van der Waals surface area contributed by atoms with E-state index in [1.165, 1.54) is 29.2 Å². The molecule has 0 radical (unpaired) electrons. The van der Waals surface area contributed by atoms with E-state index in [2.05, 4.69) is 0 Å². The van der Waals surface area contributed by atoms with Crippen LogP contribution in [0.15, 0.2) is 24.3 Å². The number of carbonyl (C=O) groups is 2. The molecule has 1 atom stereocenters. The van der Waals surface area contributed by atoms with Crippen molar-refractivity contribution in [2.45, 2.75) is 39.3 Å². The van der Waals surface area contributed by atoms with E-state index in [4.69, 9.17) is 4.74 Å². The van der Waals surface area contributed by atoms with Crippen LogP contribution < -0.4 is 0 Å². The van der Waals surface area contributed by atoms with Gasteiger partial charge in [-0.1, -0.05) is 12.1 Å². The molecule has 110 valence electrons. The highest BCUT2D eigenvalue weighted by molar-refractivity contribution is 5.75. The zero-order chi connectivity index (χ0) is 15.3. The summed E-state index contributed by atoms with van der Waals surface area (Å²) in [7, 11) is 0. The fraction of sp³-hybridized carbons (Fsp3) is 0.467. The van der Waals surface area contributed by atoms with Crippen LogP contribution in [-0.4, -0.2) is 29.4 Å². The molecule has 0 heterocycles. The van der Waals surface area contributed by atoms with E-state index in [1.807, 2.05) is 0 Å². The highest BCUT2D eigenvalue weighted by Crippen LogP contribution is 2.21. The maximum atomic E-state index is 12.9. The zero-order valence-electron chi connectivity index (χ0n) is 12.2. The predicted octanol–water partition coefficient (Wildman–Crippen LogP) is 3.32. The van der Waals surface area contributed by atoms with Crippen molar-refractivity contribution in [3.05, 3.63) is 35.6 Å². The Labute approximate surface area is 118 Å². The molecule has 4 nitrogen and oxygen atoms in total. The van der Waals surface area contributed by atoms with Gasteiger partial charge in [-0.05, 0) is 45.4 Å². The maximum absolute atomic E-state index is 12.9. The smallest absolute Gasteiger partial charge is 0.411 e. The van der Waals surface area contributed by atoms with Gasteiger partial charge in [0.05, 0.1) is 0 Å². The fourth-order valence-corrected chi connectivity index (χ4v) is 1.75. The number of hydrogen-bond acceptors (Lipinski definition) is 3. The maximum Gasteiger partial charge on any atom is 0.411 e. The first-order chi connectivity index (χ1) is 9.28. The van der Waals surface area contributed by atoms with Crippen molar-refractivity contribution in [3.63, 3.8) is 0 Å². The molecule has 0 spiro atoms. The van der Waals surface area contributed by atoms with Gasteiger partial charge in [-0.2, -0.15) is 0 Å². The normalized spacial score (nSPS) is 12.7. The second-order valence-corrected chi connectivity index (χ2v) is 5.40. The highest BCUT2D eigenvalue weighted by Gasteiger charge is 2.28. The molecule has 0 N–H and O–H groups in total. The Morgan fingerprint density at radius 2 is 1.90 bits per heavy atom. The first-order valence-corrected chi connectivity index (χ1v) is 6.49. The molecule has 0 aliphatic heterocycles. The molecular weight excluding hydrogens is 261 g/mol. The zero-order valence-corrected chi connectivity index (χ0v) is 12.2. The van der Waals surface area contributed by atoms with E-state index >= 15 is 0 Å². The number of hydrogen-bond donors (Lipinski definition) is 0. The van der Waals surface area contributed by atoms with Crippen LogP contribution in [0.2, 0.25) is 0 Å². The average molecular weight is 281 g/mol. The second-order valence-electron chi connectivity index (χ2n) is 5.40. The third-order valence-corrected chi connectivity index (χ3v) is 2.64. The molecule has 0 bridgehead atoms. The summed E-state index contributed by atoms with van der Waals surface area (Å²) in [6.45, 7) is 7.34. The lowest BCUT2D eigenvalue weighted by molar-refractivity contribution is -0.112. The fourth-order valence-electron chi connectivity index (χ4n) is 1.75. The third-order valence-electron chi connectivity index (χ3n) is 2.64. The lowest BCUT2D eigenvalue weighted by Gasteiger charge is -2.30. The first-order valence-electron chi connectivity index (χ1n) is 6.49. The standard InChI is InChI=1S/C15H20FNO3/c1-5-17(14(19)20-15(2,3)4)13(10-18)11-6-8-12(16)9-7-11/h6-10,13H,5H2,1-4H3. The van der Waals surface area contributed by atoms with Gasteiger partial charge in [0.25, 0.3) is 0 Å². The molecule has 0 saturated carbocycles. The number of benzene rings is 1. The highest BCUT2D eigenvalue weighted by atomic mass is 19.1. The molecule has 1 amide bonds. The summed E-state index contributed by atoms with van der Waals surface area (Å²) in [6.07, 6.45) is 0.0853. The van der Waals surface area contributed by atoms with Crippen LogP contribution in [0.25, 0.3) is 0 Å². The van der Waals surface area contributed by atoms with Crippen LogP contribution in [0.1, 0.15) is 39.3 Å². The van der Waals surface area contributed by atoms with Gasteiger partial charge in [-0.25, -0.2) is 9.18 Å². The molecule has 0 aliphatic rings. The summed E-state index contributed by atoms with van der Waals surface area (Å²) >= 11 is 0. The summed E-state index contributed by atoms with van der Waals surface area (Å²) < 4.78 is 18.2. The lowest BCUT2D eigenvalue weighted by atomic mass is 10.1. The number of carbonyl (C=O) groups excluding carboxylic acids is 2. The molecule has 5 heteroatoms. The molecule has 0 fully saturated rings. The first kappa shape index (κ1) is 16.1. The molecule has 0 aliphatic carbocycles. The summed E-state index contributed by atoms with van der Waals surface area (Å²) in [4.78, 5) is 24.7. The van der Waals surface area contributed by atoms with E-state index in [0.717, 1.165) is 0 Å². The predicted molar refractivity (Wildman–Crippen MR) is 73.8 cm³/mol. The molecule has 1 unspecified atom stereocenters. The summed E-state index contributed by atoms with van der Waals surface area (Å²) in [5.41, 5.74) is -0.0881. The molecule has 0 saturated heterocycles. The Kier molecular flexibility index (Phi) is 5.25. The van der Waals surface area contributed by atoms with Gasteiger partial charge in [0.15, 0.2) is 0 Å². The largest absolute Gasteiger partial charge is 0.444 e. The van der Waals surface area contributed by atoms with Crippen molar-refractivity contribution in [2.75, 3.05) is 6.54 Å². The summed E-state index contributed by atoms with van der Waals surface area (Å²) in [5, 5.41) is 0. The van der Waals surface area contributed by atoms with Gasteiger partial charge in [0.1, 0.15) is 23.7 Å². The molecule has 1 rings (SSSR count). The molecule has 1 aromatic carbocycles. The second kappa shape index (κ2) is 6.50. The van der Waals surface area contributed by atoms with Gasteiger partial charge in [-0.15, -0.1) is 0 Å². The summed E-state index contributed by atoms with van der Waals surface area (Å²) in [6, 6.07) is 4.71. The third kappa shape index (κ3) is 4.33. The van der Waals surface area contributed by atoms with Gasteiger partial charge in [-0.3, -0.25) is 4.90 Å². The van der Waals surface area contributed by atoms with Crippen LogP contribution in [-0.2, 0) is 9.53 Å². The minimum absolute atomic E-state index is 0.315. The van der Waals surface area contributed by atoms with Crippen molar-refractivity contribution in [3.8, 4) is 0 Å². The van der Waals surface area contributed by atoms with Crippen molar-refractivity contribution >= 4 is 12.4 Å². The van der Waals surface area contributed by atoms with E-state index in [-0.39, 0.29) is 0 Å². The van der Waals surface area contributed by atoms with Crippen LogP contribution in [0.3, 0.4) is 0 Å². The molecule has 20 heavy (non-hydrogen) atoms. The topological polar surface area (TPSA) is 46.6 Å². The number of amides is 1. The van der Waals surface area contributed by atoms with Gasteiger partial charge in [0.2, 0.25) is 0 Å². The summed E-state index contributed by atoms with van der Waals surface area (Å²) in [5.74, 6) is -0.390. The van der Waals surface area contributed by atoms with E-state index in [9.17, 15) is 14.0 Å². The van der Waals surface area contributed by atoms with Crippen LogP contribution in [0, 0.1) is 5.82 Å². The Morgan fingerprint density at radius 3 is 2.30 bits per heavy atom. The lowest BCUT2D eigenvalue weighted by Crippen LogP contribution is -2.39. The van der Waals surface area contributed by atoms with Crippen molar-refractivity contribution in [2.24, 2.45) is 0 Å². The van der Waals surface area contributed by atoms with Crippen molar-refractivity contribution in [1.29, 1.82) is 0 Å². The molecule has 0 aromatic heterocycles. The quantitative estimate of drug-likeness (QED) is 0.795. The number of nitrogens with zero attached hydrogens (tertiary/aromatic N) is 1. The number of rotatable bonds is 4. The van der Waals surface area contributed by atoms with Crippen LogP contribution in [0.5, 0.6) is 0 Å². The average Bonchev–Trinajstić information content (AvgIpc) is 2.34. The number of aldehydes is 1. The molecule has 1 aromatic rings. The number of halogens is 1. The van der Waals surface area contributed by atoms with Gasteiger partial charge in [0, 0.05) is 6.54 Å². The Hall–Kier alpha value is -1.91. The van der Waals surface area contributed by atoms with E-state index < -0.39 is 23.6 Å². The number of likely N-dealkylation sites (N-methyl/N-ethyl adjacent to an activating group) is 1. The number of ether oxygens (including phenoxy) is 1. The minimum atomic E-state index is -0.782. The van der Waals surface area contributed by atoms with Crippen molar-refractivity contribution in [1.82, 2.24) is 4.90 Å². The molecular formula is C15H20FNO3. The van der Waals surface area contributed by atoms with Gasteiger partial charge >= 0.3 is 6.09 Å². The van der Waals surface area contributed by atoms with Crippen molar-refractivity contribution < 1.29 is 18.7 Å².